The summed E-state index contributed by atoms with van der Waals surface area (Å²) in [7, 11) is 0. The molecule has 1 fully saturated rings. The zero-order valence-corrected chi connectivity index (χ0v) is 11.8. The molecule has 106 valence electrons. The Morgan fingerprint density at radius 2 is 2.22 bits per heavy atom. The summed E-state index contributed by atoms with van der Waals surface area (Å²) >= 11 is 0. The Hall–Kier alpha value is -0.610. The van der Waals surface area contributed by atoms with Crippen molar-refractivity contribution in [3.8, 4) is 0 Å². The smallest absolute Gasteiger partial charge is 0.311 e. The lowest BCUT2D eigenvalue weighted by Crippen LogP contribution is -2.49. The Bertz CT molecular complexity index is 265. The number of rotatable bonds is 6. The topological polar surface area (TPSA) is 55.8 Å². The van der Waals surface area contributed by atoms with Gasteiger partial charge in [-0.1, -0.05) is 20.3 Å². The van der Waals surface area contributed by atoms with Crippen LogP contribution in [-0.4, -0.2) is 36.0 Å². The van der Waals surface area contributed by atoms with Crippen LogP contribution in [0.4, 0.5) is 0 Å². The molecule has 0 amide bonds. The maximum Gasteiger partial charge on any atom is 0.311 e. The summed E-state index contributed by atoms with van der Waals surface area (Å²) in [6.45, 7) is 6.69. The Morgan fingerprint density at radius 3 is 2.78 bits per heavy atom. The molecular weight excluding hydrogens is 232 g/mol. The molecule has 0 aromatic carbocycles. The molecule has 3 unspecified atom stereocenters. The van der Waals surface area contributed by atoms with Crippen molar-refractivity contribution in [1.82, 2.24) is 0 Å². The van der Waals surface area contributed by atoms with Gasteiger partial charge in [0.1, 0.15) is 0 Å². The maximum absolute atomic E-state index is 11.9. The van der Waals surface area contributed by atoms with Gasteiger partial charge in [-0.2, -0.15) is 0 Å². The Morgan fingerprint density at radius 1 is 1.50 bits per heavy atom. The van der Waals surface area contributed by atoms with E-state index in [-0.39, 0.29) is 12.1 Å². The van der Waals surface area contributed by atoms with Gasteiger partial charge >= 0.3 is 5.97 Å². The number of aliphatic hydroxyl groups is 1. The molecule has 1 rings (SSSR count). The van der Waals surface area contributed by atoms with Gasteiger partial charge in [-0.15, -0.1) is 0 Å². The van der Waals surface area contributed by atoms with E-state index in [1.54, 1.807) is 6.92 Å². The van der Waals surface area contributed by atoms with Gasteiger partial charge in [0.2, 0.25) is 0 Å². The van der Waals surface area contributed by atoms with E-state index in [1.807, 2.05) is 6.92 Å². The lowest BCUT2D eigenvalue weighted by Gasteiger charge is -2.40. The summed E-state index contributed by atoms with van der Waals surface area (Å²) in [5.41, 5.74) is -0.959. The van der Waals surface area contributed by atoms with Gasteiger partial charge in [-0.3, -0.25) is 4.79 Å². The molecule has 0 aromatic rings. The number of carbonyl (C=O) groups excluding carboxylic acids is 1. The van der Waals surface area contributed by atoms with Crippen molar-refractivity contribution in [2.75, 3.05) is 13.2 Å². The van der Waals surface area contributed by atoms with E-state index in [0.717, 1.165) is 12.8 Å². The van der Waals surface area contributed by atoms with E-state index < -0.39 is 11.5 Å². The lowest BCUT2D eigenvalue weighted by atomic mass is 9.77. The third-order valence-corrected chi connectivity index (χ3v) is 3.71. The third kappa shape index (κ3) is 3.69. The molecule has 1 aliphatic heterocycles. The van der Waals surface area contributed by atoms with Crippen molar-refractivity contribution in [3.05, 3.63) is 0 Å². The second-order valence-electron chi connectivity index (χ2n) is 5.05. The van der Waals surface area contributed by atoms with Crippen LogP contribution >= 0.6 is 0 Å². The number of esters is 1. The average molecular weight is 258 g/mol. The molecule has 0 bridgehead atoms. The van der Waals surface area contributed by atoms with E-state index in [1.165, 1.54) is 0 Å². The van der Waals surface area contributed by atoms with Gasteiger partial charge in [-0.25, -0.2) is 0 Å². The minimum absolute atomic E-state index is 0.0669. The first-order valence-electron chi connectivity index (χ1n) is 7.08. The van der Waals surface area contributed by atoms with E-state index in [9.17, 15) is 9.90 Å². The van der Waals surface area contributed by atoms with Gasteiger partial charge in [0.25, 0.3) is 0 Å². The highest BCUT2D eigenvalue weighted by atomic mass is 16.5. The highest BCUT2D eigenvalue weighted by molar-refractivity contribution is 5.73. The maximum atomic E-state index is 11.9. The van der Waals surface area contributed by atoms with Crippen LogP contribution in [0.1, 0.15) is 52.9 Å². The van der Waals surface area contributed by atoms with Gasteiger partial charge < -0.3 is 14.6 Å². The zero-order chi connectivity index (χ0) is 13.6. The number of carbonyl (C=O) groups is 1. The molecule has 0 aromatic heterocycles. The average Bonchev–Trinajstić information content (AvgIpc) is 2.30. The summed E-state index contributed by atoms with van der Waals surface area (Å²) in [6.07, 6.45) is 3.69. The third-order valence-electron chi connectivity index (χ3n) is 3.71. The van der Waals surface area contributed by atoms with Gasteiger partial charge in [0.05, 0.1) is 24.2 Å². The molecular formula is C14H26O4. The summed E-state index contributed by atoms with van der Waals surface area (Å²) < 4.78 is 10.7. The summed E-state index contributed by atoms with van der Waals surface area (Å²) in [4.78, 5) is 11.9. The van der Waals surface area contributed by atoms with E-state index in [0.29, 0.717) is 32.5 Å². The van der Waals surface area contributed by atoms with Crippen molar-refractivity contribution in [2.24, 2.45) is 5.92 Å². The molecule has 0 radical (unpaired) electrons. The summed E-state index contributed by atoms with van der Waals surface area (Å²) in [5.74, 6) is -0.708. The first-order chi connectivity index (χ1) is 8.57. The lowest BCUT2D eigenvalue weighted by molar-refractivity contribution is -0.173. The van der Waals surface area contributed by atoms with E-state index in [2.05, 4.69) is 6.92 Å². The SMILES string of the molecule is CCCC1CC(O)(C(CC)C(=O)OCC)CCO1. The minimum atomic E-state index is -0.959. The normalized spacial score (nSPS) is 29.9. The predicted molar refractivity (Wildman–Crippen MR) is 69.2 cm³/mol. The van der Waals surface area contributed by atoms with Crippen molar-refractivity contribution < 1.29 is 19.4 Å². The zero-order valence-electron chi connectivity index (χ0n) is 11.8. The fraction of sp³-hybridized carbons (Fsp3) is 0.929. The second-order valence-corrected chi connectivity index (χ2v) is 5.05. The largest absolute Gasteiger partial charge is 0.466 e. The van der Waals surface area contributed by atoms with Crippen molar-refractivity contribution >= 4 is 5.97 Å². The quantitative estimate of drug-likeness (QED) is 0.743. The van der Waals surface area contributed by atoms with Gasteiger partial charge in [0, 0.05) is 19.4 Å². The number of hydrogen-bond donors (Lipinski definition) is 1. The molecule has 0 saturated carbocycles. The number of hydrogen-bond acceptors (Lipinski definition) is 4. The highest BCUT2D eigenvalue weighted by Gasteiger charge is 2.44. The first kappa shape index (κ1) is 15.4. The van der Waals surface area contributed by atoms with Crippen LogP contribution < -0.4 is 0 Å². The molecule has 1 saturated heterocycles. The molecule has 0 spiro atoms. The summed E-state index contributed by atoms with van der Waals surface area (Å²) in [5, 5.41) is 10.7. The molecule has 0 aliphatic carbocycles. The molecule has 1 N–H and O–H groups in total. The Balaban J connectivity index is 2.72. The van der Waals surface area contributed by atoms with Crippen molar-refractivity contribution in [2.45, 2.75) is 64.6 Å². The Kier molecular flexibility index (Phi) is 6.09. The molecule has 4 nitrogen and oxygen atoms in total. The van der Waals surface area contributed by atoms with Crippen LogP contribution in [0.5, 0.6) is 0 Å². The van der Waals surface area contributed by atoms with Crippen LogP contribution in [0.25, 0.3) is 0 Å². The fourth-order valence-corrected chi connectivity index (χ4v) is 2.79. The fourth-order valence-electron chi connectivity index (χ4n) is 2.79. The number of ether oxygens (including phenoxy) is 2. The molecule has 4 heteroatoms. The monoisotopic (exact) mass is 258 g/mol. The standard InChI is InChI=1S/C14H26O4/c1-4-7-11-10-14(16,8-9-18-11)12(5-2)13(15)17-6-3/h11-12,16H,4-10H2,1-3H3. The van der Waals surface area contributed by atoms with Crippen LogP contribution in [0.3, 0.4) is 0 Å². The van der Waals surface area contributed by atoms with E-state index in [4.69, 9.17) is 9.47 Å². The summed E-state index contributed by atoms with van der Waals surface area (Å²) in [6, 6.07) is 0. The Labute approximate surface area is 110 Å². The molecule has 3 atom stereocenters. The van der Waals surface area contributed by atoms with Gasteiger partial charge in [-0.05, 0) is 19.8 Å². The second kappa shape index (κ2) is 7.10. The molecule has 1 aliphatic rings. The minimum Gasteiger partial charge on any atom is -0.466 e. The van der Waals surface area contributed by atoms with Crippen LogP contribution in [-0.2, 0) is 14.3 Å². The van der Waals surface area contributed by atoms with Crippen LogP contribution in [0.15, 0.2) is 0 Å². The molecule has 18 heavy (non-hydrogen) atoms. The van der Waals surface area contributed by atoms with Crippen LogP contribution in [0, 0.1) is 5.92 Å². The predicted octanol–water partition coefficient (Wildman–Crippen LogP) is 2.29. The highest BCUT2D eigenvalue weighted by Crippen LogP contribution is 2.35. The van der Waals surface area contributed by atoms with Crippen LogP contribution in [0.2, 0.25) is 0 Å². The van der Waals surface area contributed by atoms with Crippen molar-refractivity contribution in [3.63, 3.8) is 0 Å². The molecule has 1 heterocycles. The van der Waals surface area contributed by atoms with Crippen molar-refractivity contribution in [1.29, 1.82) is 0 Å². The van der Waals surface area contributed by atoms with E-state index >= 15 is 0 Å². The van der Waals surface area contributed by atoms with Gasteiger partial charge in [0.15, 0.2) is 0 Å². The first-order valence-corrected chi connectivity index (χ1v) is 7.08.